The summed E-state index contributed by atoms with van der Waals surface area (Å²) in [6, 6.07) is 5.58. The molecule has 2 aromatic rings. The van der Waals surface area contributed by atoms with E-state index in [4.69, 9.17) is 5.73 Å². The molecule has 0 saturated carbocycles. The van der Waals surface area contributed by atoms with Crippen LogP contribution >= 0.6 is 0 Å². The van der Waals surface area contributed by atoms with E-state index >= 15 is 0 Å². The lowest BCUT2D eigenvalue weighted by molar-refractivity contribution is 0.526. The average molecular weight is 300 g/mol. The molecule has 0 bridgehead atoms. The van der Waals surface area contributed by atoms with Crippen molar-refractivity contribution in [1.82, 2.24) is 15.0 Å². The Kier molecular flexibility index (Phi) is 3.95. The topological polar surface area (TPSA) is 99.9 Å². The smallest absolute Gasteiger partial charge is 0.248 e. The number of nitrogens with two attached hydrogens (primary N) is 1. The van der Waals surface area contributed by atoms with Gasteiger partial charge in [0.2, 0.25) is 11.5 Å². The number of pyridine rings is 1. The van der Waals surface area contributed by atoms with Crippen molar-refractivity contribution in [2.45, 2.75) is 25.8 Å². The fourth-order valence-electron chi connectivity index (χ4n) is 2.78. The van der Waals surface area contributed by atoms with Crippen molar-refractivity contribution in [2.75, 3.05) is 29.0 Å². The SMILES string of the molecule is Cc1cc(N2CCCC(Nc3ccc(=O)[nH]c3)C2)nc(N)n1. The highest BCUT2D eigenvalue weighted by molar-refractivity contribution is 5.46. The quantitative estimate of drug-likeness (QED) is 0.786. The highest BCUT2D eigenvalue weighted by Crippen LogP contribution is 2.21. The van der Waals surface area contributed by atoms with Gasteiger partial charge in [0, 0.05) is 43.2 Å². The van der Waals surface area contributed by atoms with Gasteiger partial charge in [-0.05, 0) is 25.8 Å². The van der Waals surface area contributed by atoms with E-state index in [-0.39, 0.29) is 5.56 Å². The Labute approximate surface area is 128 Å². The number of H-pyrrole nitrogens is 1. The monoisotopic (exact) mass is 300 g/mol. The normalized spacial score (nSPS) is 18.2. The molecule has 4 N–H and O–H groups in total. The van der Waals surface area contributed by atoms with Crippen molar-refractivity contribution in [1.29, 1.82) is 0 Å². The molecule has 22 heavy (non-hydrogen) atoms. The number of hydrogen-bond donors (Lipinski definition) is 3. The number of nitrogens with zero attached hydrogens (tertiary/aromatic N) is 3. The summed E-state index contributed by atoms with van der Waals surface area (Å²) >= 11 is 0. The molecule has 7 nitrogen and oxygen atoms in total. The summed E-state index contributed by atoms with van der Waals surface area (Å²) in [4.78, 5) is 24.4. The van der Waals surface area contributed by atoms with Crippen LogP contribution in [0.25, 0.3) is 0 Å². The molecule has 1 unspecified atom stereocenters. The molecule has 7 heteroatoms. The van der Waals surface area contributed by atoms with E-state index < -0.39 is 0 Å². The summed E-state index contributed by atoms with van der Waals surface area (Å²) in [5.74, 6) is 1.18. The largest absolute Gasteiger partial charge is 0.379 e. The predicted octanol–water partition coefficient (Wildman–Crippen LogP) is 1.14. The van der Waals surface area contributed by atoms with Gasteiger partial charge < -0.3 is 20.9 Å². The van der Waals surface area contributed by atoms with E-state index in [2.05, 4.69) is 25.2 Å². The fraction of sp³-hybridized carbons (Fsp3) is 0.400. The molecule has 3 rings (SSSR count). The summed E-state index contributed by atoms with van der Waals surface area (Å²) in [6.45, 7) is 3.72. The maximum atomic E-state index is 11.1. The van der Waals surface area contributed by atoms with E-state index in [0.29, 0.717) is 12.0 Å². The Morgan fingerprint density at radius 3 is 3.00 bits per heavy atom. The third-order valence-electron chi connectivity index (χ3n) is 3.76. The van der Waals surface area contributed by atoms with E-state index in [1.807, 2.05) is 13.0 Å². The second-order valence-electron chi connectivity index (χ2n) is 5.60. The molecule has 0 spiro atoms. The molecule has 1 atom stereocenters. The molecule has 3 heterocycles. The maximum absolute atomic E-state index is 11.1. The van der Waals surface area contributed by atoms with Crippen molar-refractivity contribution in [3.8, 4) is 0 Å². The molecule has 1 saturated heterocycles. The number of aromatic amines is 1. The van der Waals surface area contributed by atoms with Crippen molar-refractivity contribution < 1.29 is 0 Å². The van der Waals surface area contributed by atoms with Crippen LogP contribution in [0.2, 0.25) is 0 Å². The second-order valence-corrected chi connectivity index (χ2v) is 5.60. The molecule has 2 aromatic heterocycles. The predicted molar refractivity (Wildman–Crippen MR) is 87.1 cm³/mol. The van der Waals surface area contributed by atoms with Gasteiger partial charge in [0.05, 0.1) is 5.69 Å². The van der Waals surface area contributed by atoms with E-state index in [1.165, 1.54) is 6.07 Å². The number of aryl methyl sites for hydroxylation is 1. The third-order valence-corrected chi connectivity index (χ3v) is 3.76. The number of anilines is 3. The van der Waals surface area contributed by atoms with Crippen LogP contribution in [0.1, 0.15) is 18.5 Å². The van der Waals surface area contributed by atoms with Crippen LogP contribution in [-0.2, 0) is 0 Å². The van der Waals surface area contributed by atoms with Crippen molar-refractivity contribution in [3.05, 3.63) is 40.4 Å². The zero-order valence-electron chi connectivity index (χ0n) is 12.5. The van der Waals surface area contributed by atoms with Crippen LogP contribution in [0, 0.1) is 6.92 Å². The summed E-state index contributed by atoms with van der Waals surface area (Å²) in [6.07, 6.45) is 3.85. The van der Waals surface area contributed by atoms with Gasteiger partial charge in [-0.15, -0.1) is 0 Å². The summed E-state index contributed by atoms with van der Waals surface area (Å²) in [5.41, 5.74) is 7.44. The Bertz CT molecular complexity index is 673. The maximum Gasteiger partial charge on any atom is 0.248 e. The second kappa shape index (κ2) is 6.05. The summed E-state index contributed by atoms with van der Waals surface area (Å²) < 4.78 is 0. The van der Waals surface area contributed by atoms with Gasteiger partial charge in [-0.2, -0.15) is 4.98 Å². The van der Waals surface area contributed by atoms with Crippen LogP contribution in [0.5, 0.6) is 0 Å². The molecule has 0 radical (unpaired) electrons. The van der Waals surface area contributed by atoms with Gasteiger partial charge in [-0.25, -0.2) is 4.98 Å². The standard InChI is InChI=1S/C15H20N6O/c1-10-7-13(20-15(16)18-10)21-6-2-3-12(9-21)19-11-4-5-14(22)17-8-11/h4-5,7-8,12,19H,2-3,6,9H2,1H3,(H,17,22)(H2,16,18,20). The van der Waals surface area contributed by atoms with Crippen LogP contribution in [0.3, 0.4) is 0 Å². The number of nitrogens with one attached hydrogen (secondary N) is 2. The van der Waals surface area contributed by atoms with Crippen LogP contribution in [0.4, 0.5) is 17.5 Å². The van der Waals surface area contributed by atoms with E-state index in [9.17, 15) is 4.79 Å². The summed E-state index contributed by atoms with van der Waals surface area (Å²) in [7, 11) is 0. The molecule has 1 aliphatic heterocycles. The molecular formula is C15H20N6O. The third kappa shape index (κ3) is 3.36. The minimum Gasteiger partial charge on any atom is -0.379 e. The first-order valence-electron chi connectivity index (χ1n) is 7.41. The lowest BCUT2D eigenvalue weighted by Crippen LogP contribution is -2.42. The number of rotatable bonds is 3. The van der Waals surface area contributed by atoms with Gasteiger partial charge in [0.25, 0.3) is 0 Å². The number of nitrogen functional groups attached to an aromatic ring is 1. The molecule has 1 aliphatic rings. The lowest BCUT2D eigenvalue weighted by atomic mass is 10.1. The van der Waals surface area contributed by atoms with Crippen molar-refractivity contribution in [2.24, 2.45) is 0 Å². The highest BCUT2D eigenvalue weighted by Gasteiger charge is 2.21. The molecular weight excluding hydrogens is 280 g/mol. The number of piperidine rings is 1. The van der Waals surface area contributed by atoms with Gasteiger partial charge in [-0.1, -0.05) is 0 Å². The van der Waals surface area contributed by atoms with E-state index in [0.717, 1.165) is 43.1 Å². The van der Waals surface area contributed by atoms with Gasteiger partial charge in [0.15, 0.2) is 0 Å². The average Bonchev–Trinajstić information content (AvgIpc) is 2.49. The molecule has 0 aromatic carbocycles. The Morgan fingerprint density at radius 1 is 1.41 bits per heavy atom. The van der Waals surface area contributed by atoms with E-state index in [1.54, 1.807) is 12.3 Å². The van der Waals surface area contributed by atoms with Crippen LogP contribution < -0.4 is 21.5 Å². The van der Waals surface area contributed by atoms with Gasteiger partial charge in [0.1, 0.15) is 5.82 Å². The van der Waals surface area contributed by atoms with Gasteiger partial charge in [-0.3, -0.25) is 4.79 Å². The van der Waals surface area contributed by atoms with Crippen molar-refractivity contribution >= 4 is 17.5 Å². The first-order valence-corrected chi connectivity index (χ1v) is 7.41. The molecule has 0 aliphatic carbocycles. The van der Waals surface area contributed by atoms with Crippen LogP contribution in [0.15, 0.2) is 29.2 Å². The molecule has 116 valence electrons. The zero-order valence-corrected chi connectivity index (χ0v) is 12.5. The van der Waals surface area contributed by atoms with Gasteiger partial charge >= 0.3 is 0 Å². The minimum absolute atomic E-state index is 0.0947. The highest BCUT2D eigenvalue weighted by atomic mass is 16.1. The van der Waals surface area contributed by atoms with Crippen molar-refractivity contribution in [3.63, 3.8) is 0 Å². The summed E-state index contributed by atoms with van der Waals surface area (Å²) in [5, 5.41) is 3.45. The zero-order chi connectivity index (χ0) is 15.5. The number of hydrogen-bond acceptors (Lipinski definition) is 6. The Balaban J connectivity index is 1.71. The number of aromatic nitrogens is 3. The first-order chi connectivity index (χ1) is 10.6. The fourth-order valence-corrected chi connectivity index (χ4v) is 2.78. The molecule has 0 amide bonds. The lowest BCUT2D eigenvalue weighted by Gasteiger charge is -2.34. The Morgan fingerprint density at radius 2 is 2.27 bits per heavy atom. The van der Waals surface area contributed by atoms with Crippen LogP contribution in [-0.4, -0.2) is 34.1 Å². The minimum atomic E-state index is -0.0947. The first kappa shape index (κ1) is 14.4. The molecule has 1 fully saturated rings. The Hall–Kier alpha value is -2.57.